The second-order valence-corrected chi connectivity index (χ2v) is 4.64. The topological polar surface area (TPSA) is 42.7 Å². The van der Waals surface area contributed by atoms with Gasteiger partial charge in [-0.15, -0.1) is 0 Å². The van der Waals surface area contributed by atoms with Crippen LogP contribution in [0.2, 0.25) is 5.02 Å². The molecule has 2 rings (SSSR count). The second-order valence-electron chi connectivity index (χ2n) is 3.32. The number of hydrogen-bond acceptors (Lipinski definition) is 3. The molecular weight excluding hydrogens is 291 g/mol. The van der Waals surface area contributed by atoms with Gasteiger partial charge in [-0.3, -0.25) is 4.68 Å². The highest BCUT2D eigenvalue weighted by molar-refractivity contribution is 9.10. The van der Waals surface area contributed by atoms with Gasteiger partial charge in [-0.25, -0.2) is 4.98 Å². The lowest BCUT2D eigenvalue weighted by Crippen LogP contribution is -2.03. The number of pyridine rings is 1. The van der Waals surface area contributed by atoms with Crippen molar-refractivity contribution in [2.75, 3.05) is 5.32 Å². The number of halogens is 2. The first kappa shape index (κ1) is 11.4. The number of anilines is 1. The number of aryl methyl sites for hydroxylation is 1. The fourth-order valence-electron chi connectivity index (χ4n) is 1.28. The fraction of sp³-hybridized carbons (Fsp3) is 0.200. The minimum atomic E-state index is 0.588. The molecule has 2 aromatic heterocycles. The average Bonchev–Trinajstić information content (AvgIpc) is 2.63. The number of nitrogens with one attached hydrogen (secondary N) is 1. The summed E-state index contributed by atoms with van der Waals surface area (Å²) in [5.41, 5.74) is 0.947. The van der Waals surface area contributed by atoms with Gasteiger partial charge < -0.3 is 5.32 Å². The van der Waals surface area contributed by atoms with Crippen molar-refractivity contribution in [1.29, 1.82) is 0 Å². The SMILES string of the molecule is Cn1ccc(CNc2ncc(Br)cc2Cl)n1. The molecule has 0 aliphatic heterocycles. The Hall–Kier alpha value is -1.07. The van der Waals surface area contributed by atoms with Crippen molar-refractivity contribution in [3.63, 3.8) is 0 Å². The van der Waals surface area contributed by atoms with Crippen molar-refractivity contribution in [1.82, 2.24) is 14.8 Å². The third-order valence-corrected chi connectivity index (χ3v) is 2.74. The maximum atomic E-state index is 6.02. The van der Waals surface area contributed by atoms with Gasteiger partial charge in [0.2, 0.25) is 0 Å². The Kier molecular flexibility index (Phi) is 3.46. The normalized spacial score (nSPS) is 10.4. The molecule has 6 heteroatoms. The Morgan fingerprint density at radius 3 is 3.00 bits per heavy atom. The lowest BCUT2D eigenvalue weighted by molar-refractivity contribution is 0.747. The number of hydrogen-bond donors (Lipinski definition) is 1. The molecule has 1 N–H and O–H groups in total. The molecule has 0 saturated carbocycles. The molecule has 0 amide bonds. The zero-order valence-electron chi connectivity index (χ0n) is 8.61. The van der Waals surface area contributed by atoms with Crippen LogP contribution in [0.15, 0.2) is 29.0 Å². The summed E-state index contributed by atoms with van der Waals surface area (Å²) in [5.74, 6) is 0.663. The van der Waals surface area contributed by atoms with Crippen LogP contribution >= 0.6 is 27.5 Å². The third-order valence-electron chi connectivity index (χ3n) is 2.01. The van der Waals surface area contributed by atoms with E-state index in [-0.39, 0.29) is 0 Å². The molecule has 0 aliphatic rings. The van der Waals surface area contributed by atoms with Crippen molar-refractivity contribution < 1.29 is 0 Å². The highest BCUT2D eigenvalue weighted by atomic mass is 79.9. The Balaban J connectivity index is 2.04. The fourth-order valence-corrected chi connectivity index (χ4v) is 1.97. The molecule has 0 unspecified atom stereocenters. The second kappa shape index (κ2) is 4.84. The Morgan fingerprint density at radius 1 is 1.56 bits per heavy atom. The van der Waals surface area contributed by atoms with E-state index < -0.39 is 0 Å². The minimum absolute atomic E-state index is 0.588. The Bertz CT molecular complexity index is 497. The Labute approximate surface area is 107 Å². The molecule has 84 valence electrons. The lowest BCUT2D eigenvalue weighted by atomic mass is 10.4. The quantitative estimate of drug-likeness (QED) is 0.948. The predicted molar refractivity (Wildman–Crippen MR) is 67.5 cm³/mol. The van der Waals surface area contributed by atoms with E-state index in [1.165, 1.54) is 0 Å². The smallest absolute Gasteiger partial charge is 0.145 e. The average molecular weight is 302 g/mol. The first-order valence-corrected chi connectivity index (χ1v) is 5.85. The Morgan fingerprint density at radius 2 is 2.38 bits per heavy atom. The zero-order valence-corrected chi connectivity index (χ0v) is 11.0. The number of rotatable bonds is 3. The van der Waals surface area contributed by atoms with E-state index >= 15 is 0 Å². The summed E-state index contributed by atoms with van der Waals surface area (Å²) >= 11 is 9.33. The van der Waals surface area contributed by atoms with Gasteiger partial charge in [-0.05, 0) is 28.1 Å². The van der Waals surface area contributed by atoms with Gasteiger partial charge in [-0.1, -0.05) is 11.6 Å². The molecular formula is C10H10BrClN4. The summed E-state index contributed by atoms with van der Waals surface area (Å²) in [4.78, 5) is 4.18. The summed E-state index contributed by atoms with van der Waals surface area (Å²) in [5, 5.41) is 7.97. The van der Waals surface area contributed by atoms with Crippen LogP contribution in [0.4, 0.5) is 5.82 Å². The van der Waals surface area contributed by atoms with Gasteiger partial charge in [0.25, 0.3) is 0 Å². The molecule has 0 saturated heterocycles. The standard InChI is InChI=1S/C10H10BrClN4/c1-16-3-2-8(15-16)6-14-10-9(12)4-7(11)5-13-10/h2-5H,6H2,1H3,(H,13,14). The van der Waals surface area contributed by atoms with Gasteiger partial charge in [-0.2, -0.15) is 5.10 Å². The van der Waals surface area contributed by atoms with Crippen LogP contribution in [0.3, 0.4) is 0 Å². The molecule has 0 fully saturated rings. The summed E-state index contributed by atoms with van der Waals surface area (Å²) in [6.07, 6.45) is 3.60. The molecule has 0 bridgehead atoms. The first-order chi connectivity index (χ1) is 7.65. The van der Waals surface area contributed by atoms with E-state index in [0.29, 0.717) is 17.4 Å². The van der Waals surface area contributed by atoms with Crippen molar-refractivity contribution in [3.8, 4) is 0 Å². The van der Waals surface area contributed by atoms with E-state index in [1.807, 2.05) is 19.3 Å². The minimum Gasteiger partial charge on any atom is -0.363 e. The molecule has 2 aromatic rings. The zero-order chi connectivity index (χ0) is 11.5. The van der Waals surface area contributed by atoms with Crippen LogP contribution in [0.5, 0.6) is 0 Å². The van der Waals surface area contributed by atoms with Crippen molar-refractivity contribution in [2.45, 2.75) is 6.54 Å². The third kappa shape index (κ3) is 2.74. The summed E-state index contributed by atoms with van der Waals surface area (Å²) in [6.45, 7) is 0.606. The van der Waals surface area contributed by atoms with Crippen molar-refractivity contribution in [2.24, 2.45) is 7.05 Å². The molecule has 2 heterocycles. The van der Waals surface area contributed by atoms with Crippen LogP contribution < -0.4 is 5.32 Å². The van der Waals surface area contributed by atoms with E-state index in [0.717, 1.165) is 10.2 Å². The van der Waals surface area contributed by atoms with E-state index in [4.69, 9.17) is 11.6 Å². The van der Waals surface area contributed by atoms with Crippen LogP contribution in [-0.4, -0.2) is 14.8 Å². The van der Waals surface area contributed by atoms with Gasteiger partial charge in [0.1, 0.15) is 5.82 Å². The highest BCUT2D eigenvalue weighted by Crippen LogP contribution is 2.22. The van der Waals surface area contributed by atoms with Gasteiger partial charge in [0, 0.05) is 23.9 Å². The van der Waals surface area contributed by atoms with Crippen LogP contribution in [0, 0.1) is 0 Å². The monoisotopic (exact) mass is 300 g/mol. The summed E-state index contributed by atoms with van der Waals surface area (Å²) in [7, 11) is 1.88. The predicted octanol–water partition coefficient (Wildman–Crippen LogP) is 2.84. The van der Waals surface area contributed by atoms with E-state index in [2.05, 4.69) is 31.3 Å². The number of nitrogens with zero attached hydrogens (tertiary/aromatic N) is 3. The van der Waals surface area contributed by atoms with Crippen LogP contribution in [0.25, 0.3) is 0 Å². The largest absolute Gasteiger partial charge is 0.363 e. The van der Waals surface area contributed by atoms with E-state index in [1.54, 1.807) is 16.9 Å². The first-order valence-electron chi connectivity index (χ1n) is 4.68. The van der Waals surface area contributed by atoms with Gasteiger partial charge >= 0.3 is 0 Å². The summed E-state index contributed by atoms with van der Waals surface area (Å²) in [6, 6.07) is 3.75. The number of aromatic nitrogens is 3. The maximum Gasteiger partial charge on any atom is 0.145 e. The van der Waals surface area contributed by atoms with Crippen molar-refractivity contribution in [3.05, 3.63) is 39.7 Å². The molecule has 16 heavy (non-hydrogen) atoms. The van der Waals surface area contributed by atoms with Gasteiger partial charge in [0.05, 0.1) is 17.3 Å². The highest BCUT2D eigenvalue weighted by Gasteiger charge is 2.03. The molecule has 0 aliphatic carbocycles. The lowest BCUT2D eigenvalue weighted by Gasteiger charge is -2.05. The van der Waals surface area contributed by atoms with Crippen molar-refractivity contribution >= 4 is 33.3 Å². The molecule has 4 nitrogen and oxygen atoms in total. The molecule has 0 radical (unpaired) electrons. The molecule has 0 aromatic carbocycles. The maximum absolute atomic E-state index is 6.02. The van der Waals surface area contributed by atoms with E-state index in [9.17, 15) is 0 Å². The summed E-state index contributed by atoms with van der Waals surface area (Å²) < 4.78 is 2.62. The van der Waals surface area contributed by atoms with Crippen LogP contribution in [0.1, 0.15) is 5.69 Å². The van der Waals surface area contributed by atoms with Gasteiger partial charge in [0.15, 0.2) is 0 Å². The molecule has 0 atom stereocenters. The van der Waals surface area contributed by atoms with Crippen LogP contribution in [-0.2, 0) is 13.6 Å². The molecule has 0 spiro atoms.